The standard InChI is InChI=1S/C21H20N2O4S/c1-14-23-18(12-28-14)16-4-2-15(3-5-16)10-21(24)22-8-9-25-17-6-7-19-20(11-17)27-13-26-19/h2-7,11-12H,8-10,13H2,1H3,(H,22,24). The minimum Gasteiger partial charge on any atom is -0.492 e. The first-order valence-electron chi connectivity index (χ1n) is 8.98. The topological polar surface area (TPSA) is 69.7 Å². The molecule has 0 saturated heterocycles. The monoisotopic (exact) mass is 396 g/mol. The van der Waals surface area contributed by atoms with Gasteiger partial charge in [0.2, 0.25) is 12.7 Å². The highest BCUT2D eigenvalue weighted by molar-refractivity contribution is 7.09. The van der Waals surface area contributed by atoms with Gasteiger partial charge in [-0.1, -0.05) is 24.3 Å². The summed E-state index contributed by atoms with van der Waals surface area (Å²) < 4.78 is 16.2. The number of benzene rings is 2. The summed E-state index contributed by atoms with van der Waals surface area (Å²) in [5, 5.41) is 5.95. The van der Waals surface area contributed by atoms with E-state index in [0.717, 1.165) is 27.6 Å². The maximum Gasteiger partial charge on any atom is 0.231 e. The maximum absolute atomic E-state index is 12.1. The first kappa shape index (κ1) is 18.3. The van der Waals surface area contributed by atoms with Gasteiger partial charge in [0.1, 0.15) is 12.4 Å². The van der Waals surface area contributed by atoms with Crippen molar-refractivity contribution >= 4 is 17.2 Å². The van der Waals surface area contributed by atoms with Crippen LogP contribution in [0.3, 0.4) is 0 Å². The highest BCUT2D eigenvalue weighted by Crippen LogP contribution is 2.35. The number of hydrogen-bond acceptors (Lipinski definition) is 6. The van der Waals surface area contributed by atoms with Gasteiger partial charge in [-0.05, 0) is 24.6 Å². The SMILES string of the molecule is Cc1nc(-c2ccc(CC(=O)NCCOc3ccc4c(c3)OCO4)cc2)cs1. The summed E-state index contributed by atoms with van der Waals surface area (Å²) in [5.41, 5.74) is 3.00. The quantitative estimate of drug-likeness (QED) is 0.618. The van der Waals surface area contributed by atoms with Crippen LogP contribution in [0.25, 0.3) is 11.3 Å². The zero-order valence-electron chi connectivity index (χ0n) is 15.4. The fourth-order valence-corrected chi connectivity index (χ4v) is 3.49. The second kappa shape index (κ2) is 8.31. The predicted octanol–water partition coefficient (Wildman–Crippen LogP) is 3.58. The molecule has 0 spiro atoms. The third-order valence-electron chi connectivity index (χ3n) is 4.27. The van der Waals surface area contributed by atoms with Crippen molar-refractivity contribution < 1.29 is 19.0 Å². The number of aryl methyl sites for hydroxylation is 1. The average Bonchev–Trinajstić information content (AvgIpc) is 3.34. The molecule has 1 amide bonds. The third kappa shape index (κ3) is 4.43. The molecule has 6 nitrogen and oxygen atoms in total. The van der Waals surface area contributed by atoms with Gasteiger partial charge in [-0.15, -0.1) is 11.3 Å². The Labute approximate surface area is 167 Å². The maximum atomic E-state index is 12.1. The molecule has 0 unspecified atom stereocenters. The molecule has 2 aromatic carbocycles. The van der Waals surface area contributed by atoms with Gasteiger partial charge >= 0.3 is 0 Å². The van der Waals surface area contributed by atoms with Crippen LogP contribution in [0.1, 0.15) is 10.6 Å². The van der Waals surface area contributed by atoms with Crippen LogP contribution in [-0.4, -0.2) is 30.8 Å². The molecule has 1 N–H and O–H groups in total. The molecule has 0 aliphatic carbocycles. The van der Waals surface area contributed by atoms with Gasteiger partial charge in [0, 0.05) is 17.0 Å². The molecule has 1 aliphatic rings. The summed E-state index contributed by atoms with van der Waals surface area (Å²) in [6.45, 7) is 3.04. The normalized spacial score (nSPS) is 12.0. The number of fused-ring (bicyclic) bond motifs is 1. The van der Waals surface area contributed by atoms with E-state index in [9.17, 15) is 4.79 Å². The largest absolute Gasteiger partial charge is 0.492 e. The minimum absolute atomic E-state index is 0.0356. The summed E-state index contributed by atoms with van der Waals surface area (Å²) in [6, 6.07) is 13.3. The summed E-state index contributed by atoms with van der Waals surface area (Å²) in [4.78, 5) is 16.6. The Morgan fingerprint density at radius 1 is 1.18 bits per heavy atom. The van der Waals surface area contributed by atoms with E-state index in [1.54, 1.807) is 17.4 Å². The van der Waals surface area contributed by atoms with Crippen LogP contribution in [0.5, 0.6) is 17.2 Å². The number of aromatic nitrogens is 1. The molecule has 1 aromatic heterocycles. The third-order valence-corrected chi connectivity index (χ3v) is 5.04. The number of carbonyl (C=O) groups is 1. The summed E-state index contributed by atoms with van der Waals surface area (Å²) in [6.07, 6.45) is 0.334. The van der Waals surface area contributed by atoms with Crippen molar-refractivity contribution in [3.63, 3.8) is 0 Å². The van der Waals surface area contributed by atoms with Gasteiger partial charge in [0.25, 0.3) is 0 Å². The molecular weight excluding hydrogens is 376 g/mol. The molecule has 1 aliphatic heterocycles. The molecule has 144 valence electrons. The Bertz CT molecular complexity index is 969. The summed E-state index contributed by atoms with van der Waals surface area (Å²) in [5.74, 6) is 2.05. The zero-order valence-corrected chi connectivity index (χ0v) is 16.3. The zero-order chi connectivity index (χ0) is 19.3. The van der Waals surface area contributed by atoms with Crippen molar-refractivity contribution in [3.8, 4) is 28.5 Å². The van der Waals surface area contributed by atoms with E-state index in [1.807, 2.05) is 48.7 Å². The Morgan fingerprint density at radius 3 is 2.79 bits per heavy atom. The van der Waals surface area contributed by atoms with Crippen LogP contribution in [0.2, 0.25) is 0 Å². The van der Waals surface area contributed by atoms with Crippen molar-refractivity contribution in [1.29, 1.82) is 0 Å². The van der Waals surface area contributed by atoms with Crippen LogP contribution in [0, 0.1) is 6.92 Å². The number of amides is 1. The van der Waals surface area contributed by atoms with E-state index in [1.165, 1.54) is 0 Å². The highest BCUT2D eigenvalue weighted by Gasteiger charge is 2.13. The molecule has 7 heteroatoms. The van der Waals surface area contributed by atoms with Gasteiger partial charge in [0.15, 0.2) is 11.5 Å². The second-order valence-electron chi connectivity index (χ2n) is 6.34. The van der Waals surface area contributed by atoms with E-state index in [-0.39, 0.29) is 12.7 Å². The van der Waals surface area contributed by atoms with Gasteiger partial charge in [0.05, 0.1) is 23.7 Å². The first-order chi connectivity index (χ1) is 13.7. The number of nitrogens with one attached hydrogen (secondary N) is 1. The predicted molar refractivity (Wildman–Crippen MR) is 107 cm³/mol. The van der Waals surface area contributed by atoms with Crippen molar-refractivity contribution in [2.24, 2.45) is 0 Å². The molecule has 2 heterocycles. The van der Waals surface area contributed by atoms with Crippen LogP contribution in [0.15, 0.2) is 47.8 Å². The number of hydrogen-bond donors (Lipinski definition) is 1. The fourth-order valence-electron chi connectivity index (χ4n) is 2.86. The fraction of sp³-hybridized carbons (Fsp3) is 0.238. The number of rotatable bonds is 7. The molecule has 28 heavy (non-hydrogen) atoms. The minimum atomic E-state index is -0.0356. The van der Waals surface area contributed by atoms with E-state index in [4.69, 9.17) is 14.2 Å². The molecule has 0 atom stereocenters. The number of thiazole rings is 1. The summed E-state index contributed by atoms with van der Waals surface area (Å²) >= 11 is 1.63. The van der Waals surface area contributed by atoms with Gasteiger partial charge < -0.3 is 19.5 Å². The lowest BCUT2D eigenvalue weighted by molar-refractivity contribution is -0.120. The van der Waals surface area contributed by atoms with Crippen molar-refractivity contribution in [1.82, 2.24) is 10.3 Å². The Balaban J connectivity index is 1.21. The van der Waals surface area contributed by atoms with Crippen molar-refractivity contribution in [2.45, 2.75) is 13.3 Å². The molecule has 0 fully saturated rings. The van der Waals surface area contributed by atoms with Crippen molar-refractivity contribution in [3.05, 3.63) is 58.4 Å². The number of ether oxygens (including phenoxy) is 3. The van der Waals surface area contributed by atoms with E-state index < -0.39 is 0 Å². The molecular formula is C21H20N2O4S. The smallest absolute Gasteiger partial charge is 0.231 e. The van der Waals surface area contributed by atoms with Crippen LogP contribution in [-0.2, 0) is 11.2 Å². The van der Waals surface area contributed by atoms with Crippen LogP contribution < -0.4 is 19.5 Å². The Kier molecular flexibility index (Phi) is 5.43. The number of carbonyl (C=O) groups excluding carboxylic acids is 1. The molecule has 0 saturated carbocycles. The van der Waals surface area contributed by atoms with Gasteiger partial charge in [-0.25, -0.2) is 4.98 Å². The highest BCUT2D eigenvalue weighted by atomic mass is 32.1. The Morgan fingerprint density at radius 2 is 2.00 bits per heavy atom. The lowest BCUT2D eigenvalue weighted by atomic mass is 10.1. The second-order valence-corrected chi connectivity index (χ2v) is 7.40. The molecule has 4 rings (SSSR count). The van der Waals surface area contributed by atoms with E-state index in [0.29, 0.717) is 31.1 Å². The van der Waals surface area contributed by atoms with E-state index in [2.05, 4.69) is 10.3 Å². The van der Waals surface area contributed by atoms with Crippen LogP contribution in [0.4, 0.5) is 0 Å². The van der Waals surface area contributed by atoms with Gasteiger partial charge in [-0.3, -0.25) is 4.79 Å². The lowest BCUT2D eigenvalue weighted by Crippen LogP contribution is -2.29. The molecule has 0 bridgehead atoms. The lowest BCUT2D eigenvalue weighted by Gasteiger charge is -2.09. The summed E-state index contributed by atoms with van der Waals surface area (Å²) in [7, 11) is 0. The molecule has 0 radical (unpaired) electrons. The van der Waals surface area contributed by atoms with Gasteiger partial charge in [-0.2, -0.15) is 0 Å². The van der Waals surface area contributed by atoms with Crippen LogP contribution >= 0.6 is 11.3 Å². The Hall–Kier alpha value is -3.06. The van der Waals surface area contributed by atoms with E-state index >= 15 is 0 Å². The first-order valence-corrected chi connectivity index (χ1v) is 9.86. The molecule has 3 aromatic rings. The average molecular weight is 396 g/mol. The number of nitrogens with zero attached hydrogens (tertiary/aromatic N) is 1. The van der Waals surface area contributed by atoms with Crippen molar-refractivity contribution in [2.75, 3.05) is 19.9 Å².